The summed E-state index contributed by atoms with van der Waals surface area (Å²) in [7, 11) is 5.32. The Morgan fingerprint density at radius 2 is 1.58 bits per heavy atom. The van der Waals surface area contributed by atoms with Crippen LogP contribution in [-0.2, 0) is 4.89 Å². The van der Waals surface area contributed by atoms with Crippen LogP contribution in [0.15, 0.2) is 6.07 Å². The Kier molecular flexibility index (Phi) is 8.38. The molecule has 1 rings (SSSR count). The fraction of sp³-hybridized carbons (Fsp3) is 0.364. The number of carbonyl (C=O) groups is 1. The van der Waals surface area contributed by atoms with E-state index in [1.807, 2.05) is 0 Å². The number of hydrogen-bond acceptors (Lipinski definition) is 7. The molecule has 0 aromatic heterocycles. The van der Waals surface area contributed by atoms with Crippen molar-refractivity contribution in [3.63, 3.8) is 0 Å². The molecule has 100 valence electrons. The van der Waals surface area contributed by atoms with Gasteiger partial charge in [0.25, 0.3) is 0 Å². The molecular formula is C11H13KO7. The van der Waals surface area contributed by atoms with Gasteiger partial charge in [0.1, 0.15) is 0 Å². The first-order valence-electron chi connectivity index (χ1n) is 4.85. The molecular weight excluding hydrogens is 283 g/mol. The fourth-order valence-electron chi connectivity index (χ4n) is 1.45. The summed E-state index contributed by atoms with van der Waals surface area (Å²) in [5, 5.41) is 11.0. The van der Waals surface area contributed by atoms with E-state index in [4.69, 9.17) is 19.1 Å². The summed E-state index contributed by atoms with van der Waals surface area (Å²) in [5.74, 6) is -1.20. The minimum Gasteiger partial charge on any atom is -0.545 e. The van der Waals surface area contributed by atoms with Gasteiger partial charge < -0.3 is 29.0 Å². The molecule has 0 unspecified atom stereocenters. The van der Waals surface area contributed by atoms with Crippen LogP contribution in [0.5, 0.6) is 23.0 Å². The summed E-state index contributed by atoms with van der Waals surface area (Å²) in [4.78, 5) is 20.3. The number of carbonyl (C=O) groups excluding carboxylic acids is 1. The summed E-state index contributed by atoms with van der Waals surface area (Å²) in [5.41, 5.74) is -0.272. The van der Waals surface area contributed by atoms with Gasteiger partial charge in [-0.25, -0.2) is 0 Å². The molecule has 0 aliphatic carbocycles. The van der Waals surface area contributed by atoms with Gasteiger partial charge in [0, 0.05) is 0 Å². The van der Waals surface area contributed by atoms with Crippen molar-refractivity contribution in [1.29, 1.82) is 0 Å². The Morgan fingerprint density at radius 1 is 1.00 bits per heavy atom. The molecule has 0 spiro atoms. The van der Waals surface area contributed by atoms with Crippen LogP contribution in [-0.4, -0.2) is 34.4 Å². The van der Waals surface area contributed by atoms with Gasteiger partial charge in [0.2, 0.25) is 17.2 Å². The van der Waals surface area contributed by atoms with Crippen LogP contribution in [0, 0.1) is 0 Å². The Morgan fingerprint density at radius 3 is 1.95 bits per heavy atom. The van der Waals surface area contributed by atoms with Crippen molar-refractivity contribution < 1.29 is 85.3 Å². The van der Waals surface area contributed by atoms with Gasteiger partial charge in [0.05, 0.1) is 40.0 Å². The van der Waals surface area contributed by atoms with E-state index in [9.17, 15) is 9.90 Å². The average molecular weight is 296 g/mol. The van der Waals surface area contributed by atoms with Gasteiger partial charge in [-0.3, -0.25) is 0 Å². The van der Waals surface area contributed by atoms with Crippen LogP contribution in [0.1, 0.15) is 10.4 Å². The predicted molar refractivity (Wildman–Crippen MR) is 58.1 cm³/mol. The van der Waals surface area contributed by atoms with E-state index in [0.29, 0.717) is 0 Å². The van der Waals surface area contributed by atoms with E-state index in [2.05, 4.69) is 4.89 Å². The van der Waals surface area contributed by atoms with Gasteiger partial charge in [-0.15, -0.1) is 0 Å². The first kappa shape index (κ1) is 18.5. The summed E-state index contributed by atoms with van der Waals surface area (Å²) in [6, 6.07) is 1.20. The van der Waals surface area contributed by atoms with Crippen LogP contribution in [0.3, 0.4) is 0 Å². The molecule has 0 amide bonds. The maximum atomic E-state index is 11.0. The summed E-state index contributed by atoms with van der Waals surface area (Å²) >= 11 is 0. The van der Waals surface area contributed by atoms with Crippen molar-refractivity contribution in [3.05, 3.63) is 11.6 Å². The second-order valence-electron chi connectivity index (χ2n) is 3.06. The molecule has 0 aliphatic rings. The SMILES string of the molecule is COOc1c(C(=O)[O-])cc(OC)c(OC)c1OC.[K+]. The third kappa shape index (κ3) is 3.97. The monoisotopic (exact) mass is 296 g/mol. The largest absolute Gasteiger partial charge is 1.00 e. The second-order valence-corrected chi connectivity index (χ2v) is 3.06. The normalized spacial score (nSPS) is 9.26. The zero-order valence-electron chi connectivity index (χ0n) is 11.4. The van der Waals surface area contributed by atoms with E-state index in [0.717, 1.165) is 0 Å². The zero-order chi connectivity index (χ0) is 13.7. The minimum atomic E-state index is -1.46. The molecule has 0 atom stereocenters. The maximum absolute atomic E-state index is 11.0. The fourth-order valence-corrected chi connectivity index (χ4v) is 1.45. The Bertz CT molecular complexity index is 447. The first-order chi connectivity index (χ1) is 8.60. The van der Waals surface area contributed by atoms with Gasteiger partial charge >= 0.3 is 51.4 Å². The van der Waals surface area contributed by atoms with Crippen LogP contribution in [0.25, 0.3) is 0 Å². The summed E-state index contributed by atoms with van der Waals surface area (Å²) in [6.45, 7) is 0. The first-order valence-corrected chi connectivity index (χ1v) is 4.85. The minimum absolute atomic E-state index is 0. The molecule has 0 heterocycles. The number of rotatable bonds is 6. The van der Waals surface area contributed by atoms with Gasteiger partial charge in [0.15, 0.2) is 5.75 Å². The Hall–Kier alpha value is -0.514. The third-order valence-electron chi connectivity index (χ3n) is 2.17. The molecule has 0 N–H and O–H groups in total. The Labute approximate surface area is 153 Å². The van der Waals surface area contributed by atoms with Crippen molar-refractivity contribution >= 4 is 5.97 Å². The number of carboxylic acids is 1. The zero-order valence-corrected chi connectivity index (χ0v) is 14.6. The molecule has 0 aliphatic heterocycles. The number of aromatic carboxylic acids is 1. The van der Waals surface area contributed by atoms with E-state index in [1.54, 1.807) is 0 Å². The molecule has 1 aromatic carbocycles. The van der Waals surface area contributed by atoms with E-state index in [-0.39, 0.29) is 79.9 Å². The van der Waals surface area contributed by atoms with Gasteiger partial charge in [-0.05, 0) is 6.07 Å². The number of methoxy groups -OCH3 is 3. The number of carboxylic acid groups (broad SMARTS) is 1. The van der Waals surface area contributed by atoms with Crippen molar-refractivity contribution in [2.24, 2.45) is 0 Å². The molecule has 0 fully saturated rings. The van der Waals surface area contributed by atoms with Gasteiger partial charge in [-0.2, -0.15) is 4.89 Å². The van der Waals surface area contributed by atoms with E-state index < -0.39 is 5.97 Å². The smallest absolute Gasteiger partial charge is 0.545 e. The van der Waals surface area contributed by atoms with Crippen molar-refractivity contribution in [3.8, 4) is 23.0 Å². The molecule has 1 aromatic rings. The second kappa shape index (κ2) is 8.62. The van der Waals surface area contributed by atoms with E-state index >= 15 is 0 Å². The van der Waals surface area contributed by atoms with Crippen LogP contribution in [0.4, 0.5) is 0 Å². The molecule has 7 nitrogen and oxygen atoms in total. The average Bonchev–Trinajstić information content (AvgIpc) is 2.37. The van der Waals surface area contributed by atoms with Gasteiger partial charge in [-0.1, -0.05) is 0 Å². The van der Waals surface area contributed by atoms with Crippen LogP contribution in [0.2, 0.25) is 0 Å². The molecule has 0 saturated carbocycles. The molecule has 0 radical (unpaired) electrons. The molecule has 0 saturated heterocycles. The van der Waals surface area contributed by atoms with Crippen molar-refractivity contribution in [2.75, 3.05) is 28.4 Å². The maximum Gasteiger partial charge on any atom is 1.00 e. The predicted octanol–water partition coefficient (Wildman–Crippen LogP) is -2.98. The van der Waals surface area contributed by atoms with Crippen LogP contribution >= 0.6 is 0 Å². The number of benzene rings is 1. The summed E-state index contributed by atoms with van der Waals surface area (Å²) in [6.07, 6.45) is 0. The van der Waals surface area contributed by atoms with Crippen LogP contribution < -0.4 is 75.6 Å². The molecule has 19 heavy (non-hydrogen) atoms. The topological polar surface area (TPSA) is 86.3 Å². The van der Waals surface area contributed by atoms with Crippen molar-refractivity contribution in [1.82, 2.24) is 0 Å². The number of hydrogen-bond donors (Lipinski definition) is 0. The quantitative estimate of drug-likeness (QED) is 0.314. The van der Waals surface area contributed by atoms with Crippen molar-refractivity contribution in [2.45, 2.75) is 0 Å². The van der Waals surface area contributed by atoms with E-state index in [1.165, 1.54) is 34.5 Å². The third-order valence-corrected chi connectivity index (χ3v) is 2.17. The summed E-state index contributed by atoms with van der Waals surface area (Å²) < 4.78 is 15.1. The number of ether oxygens (including phenoxy) is 3. The standard InChI is InChI=1S/C11H14O7.K/c1-14-7-5-6(11(12)13)8(18-17-4)10(16-3)9(7)15-2;/h5H,1-4H3,(H,12,13);/q;+1/p-1. The Balaban J connectivity index is 0.00000324. The molecule has 0 bridgehead atoms. The molecule has 8 heteroatoms.